The second-order valence-electron chi connectivity index (χ2n) is 10.3. The second kappa shape index (κ2) is 13.4. The van der Waals surface area contributed by atoms with E-state index >= 15 is 0 Å². The van der Waals surface area contributed by atoms with Gasteiger partial charge in [-0.15, -0.1) is 10.2 Å². The predicted octanol–water partition coefficient (Wildman–Crippen LogP) is 8.25. The zero-order valence-electron chi connectivity index (χ0n) is 23.8. The van der Waals surface area contributed by atoms with Crippen molar-refractivity contribution in [1.29, 1.82) is 0 Å². The van der Waals surface area contributed by atoms with Gasteiger partial charge < -0.3 is 9.84 Å². The summed E-state index contributed by atoms with van der Waals surface area (Å²) in [5.41, 5.74) is 4.01. The number of rotatable bonds is 9. The van der Waals surface area contributed by atoms with Crippen LogP contribution in [0, 0.1) is 12.7 Å². The van der Waals surface area contributed by atoms with E-state index in [0.717, 1.165) is 21.2 Å². The molecule has 1 aromatic heterocycles. The standard InChI is InChI=1S/C34H25BrFN3O4S2/c1-20-3-2-4-22(17-20)18-43-27-15-9-24(10-16-27)30(40)28-29(23-7-11-25(35)12-8-23)39(32(42)31(28)41)33-37-38-34(45-33)44-19-21-5-13-26(36)14-6-21/h2-17,29,40H,18-19H2,1H3. The molecule has 1 atom stereocenters. The fourth-order valence-corrected chi connectivity index (χ4v) is 7.00. The van der Waals surface area contributed by atoms with Crippen molar-refractivity contribution < 1.29 is 23.8 Å². The maximum absolute atomic E-state index is 13.5. The molecule has 226 valence electrons. The third-order valence-electron chi connectivity index (χ3n) is 7.12. The van der Waals surface area contributed by atoms with Gasteiger partial charge in [-0.2, -0.15) is 0 Å². The van der Waals surface area contributed by atoms with Crippen molar-refractivity contribution in [2.75, 3.05) is 4.90 Å². The Hall–Kier alpha value is -4.32. The molecule has 1 amide bonds. The third-order valence-corrected chi connectivity index (χ3v) is 9.78. The van der Waals surface area contributed by atoms with E-state index in [2.05, 4.69) is 26.1 Å². The lowest BCUT2D eigenvalue weighted by molar-refractivity contribution is -0.132. The number of halogens is 2. The molecule has 45 heavy (non-hydrogen) atoms. The summed E-state index contributed by atoms with van der Waals surface area (Å²) < 4.78 is 20.6. The normalized spacial score (nSPS) is 15.9. The van der Waals surface area contributed by atoms with Crippen molar-refractivity contribution in [2.45, 2.75) is 29.7 Å². The number of thioether (sulfide) groups is 1. The Kier molecular flexibility index (Phi) is 9.11. The molecular weight excluding hydrogens is 677 g/mol. The van der Waals surface area contributed by atoms with Crippen LogP contribution in [0.4, 0.5) is 9.52 Å². The predicted molar refractivity (Wildman–Crippen MR) is 177 cm³/mol. The minimum absolute atomic E-state index is 0.0496. The Bertz CT molecular complexity index is 1890. The second-order valence-corrected chi connectivity index (χ2v) is 13.4. The highest BCUT2D eigenvalue weighted by molar-refractivity contribution is 9.10. The Morgan fingerprint density at radius 3 is 2.42 bits per heavy atom. The maximum Gasteiger partial charge on any atom is 0.301 e. The summed E-state index contributed by atoms with van der Waals surface area (Å²) in [5, 5.41) is 20.2. The number of ether oxygens (including phenoxy) is 1. The molecule has 0 spiro atoms. The summed E-state index contributed by atoms with van der Waals surface area (Å²) in [5.74, 6) is -1.13. The van der Waals surface area contributed by atoms with E-state index in [1.54, 1.807) is 60.7 Å². The first kappa shape index (κ1) is 30.7. The smallest absolute Gasteiger partial charge is 0.301 e. The third kappa shape index (κ3) is 6.85. The number of Topliss-reactive ketones (excluding diaryl/α,β-unsaturated/α-hetero) is 1. The van der Waals surface area contributed by atoms with Crippen molar-refractivity contribution in [3.63, 3.8) is 0 Å². The van der Waals surface area contributed by atoms with E-state index in [0.29, 0.717) is 33.6 Å². The van der Waals surface area contributed by atoms with Gasteiger partial charge in [-0.05, 0) is 72.1 Å². The van der Waals surface area contributed by atoms with Gasteiger partial charge in [-0.1, -0.05) is 93.1 Å². The first-order chi connectivity index (χ1) is 21.8. The summed E-state index contributed by atoms with van der Waals surface area (Å²) in [7, 11) is 0. The number of anilines is 1. The number of carbonyl (C=O) groups excluding carboxylic acids is 2. The quantitative estimate of drug-likeness (QED) is 0.0544. The monoisotopic (exact) mass is 701 g/mol. The first-order valence-corrected chi connectivity index (χ1v) is 16.4. The lowest BCUT2D eigenvalue weighted by atomic mass is 9.95. The number of hydrogen-bond acceptors (Lipinski definition) is 8. The summed E-state index contributed by atoms with van der Waals surface area (Å²) in [6.45, 7) is 2.40. The summed E-state index contributed by atoms with van der Waals surface area (Å²) in [4.78, 5) is 28.3. The van der Waals surface area contributed by atoms with E-state index in [1.165, 1.54) is 40.1 Å². The van der Waals surface area contributed by atoms with Crippen molar-refractivity contribution in [1.82, 2.24) is 10.2 Å². The van der Waals surface area contributed by atoms with Gasteiger partial charge in [-0.3, -0.25) is 14.5 Å². The van der Waals surface area contributed by atoms with Gasteiger partial charge in [0.05, 0.1) is 11.6 Å². The van der Waals surface area contributed by atoms with E-state index < -0.39 is 17.7 Å². The number of nitrogens with zero attached hydrogens (tertiary/aromatic N) is 3. The van der Waals surface area contributed by atoms with Crippen LogP contribution in [0.25, 0.3) is 5.76 Å². The number of benzene rings is 4. The lowest BCUT2D eigenvalue weighted by Gasteiger charge is -2.22. The van der Waals surface area contributed by atoms with E-state index in [9.17, 15) is 19.1 Å². The van der Waals surface area contributed by atoms with Crippen molar-refractivity contribution in [3.8, 4) is 5.75 Å². The zero-order chi connectivity index (χ0) is 31.5. The molecule has 2 heterocycles. The Balaban J connectivity index is 1.29. The average Bonchev–Trinajstić information content (AvgIpc) is 3.62. The van der Waals surface area contributed by atoms with Crippen LogP contribution >= 0.6 is 39.0 Å². The molecule has 7 nitrogen and oxygen atoms in total. The number of aryl methyl sites for hydroxylation is 1. The van der Waals surface area contributed by atoms with Crippen molar-refractivity contribution in [3.05, 3.63) is 141 Å². The first-order valence-electron chi connectivity index (χ1n) is 13.8. The number of aliphatic hydroxyl groups excluding tert-OH is 1. The van der Waals surface area contributed by atoms with Crippen LogP contribution < -0.4 is 9.64 Å². The minimum atomic E-state index is -0.932. The van der Waals surface area contributed by atoms with Gasteiger partial charge in [-0.25, -0.2) is 4.39 Å². The molecule has 0 bridgehead atoms. The van der Waals surface area contributed by atoms with Crippen molar-refractivity contribution >= 4 is 61.6 Å². The molecule has 0 saturated carbocycles. The molecule has 1 unspecified atom stereocenters. The topological polar surface area (TPSA) is 92.6 Å². The summed E-state index contributed by atoms with van der Waals surface area (Å²) >= 11 is 5.99. The van der Waals surface area contributed by atoms with Gasteiger partial charge in [0.25, 0.3) is 5.78 Å². The van der Waals surface area contributed by atoms with Gasteiger partial charge in [0.2, 0.25) is 5.13 Å². The molecule has 0 radical (unpaired) electrons. The largest absolute Gasteiger partial charge is 0.507 e. The number of hydrogen-bond donors (Lipinski definition) is 1. The van der Waals surface area contributed by atoms with Gasteiger partial charge in [0, 0.05) is 15.8 Å². The molecule has 1 saturated heterocycles. The van der Waals surface area contributed by atoms with Crippen LogP contribution in [0.2, 0.25) is 0 Å². The van der Waals surface area contributed by atoms with Crippen LogP contribution in [-0.4, -0.2) is 27.0 Å². The highest BCUT2D eigenvalue weighted by Gasteiger charge is 2.48. The Labute approximate surface area is 275 Å². The number of ketones is 1. The van der Waals surface area contributed by atoms with Gasteiger partial charge in [0.1, 0.15) is 23.9 Å². The molecule has 11 heteroatoms. The Morgan fingerprint density at radius 2 is 1.71 bits per heavy atom. The highest BCUT2D eigenvalue weighted by Crippen LogP contribution is 2.44. The fourth-order valence-electron chi connectivity index (χ4n) is 4.91. The summed E-state index contributed by atoms with van der Waals surface area (Å²) in [6.07, 6.45) is 0. The van der Waals surface area contributed by atoms with Crippen LogP contribution in [0.1, 0.15) is 33.9 Å². The number of aliphatic hydroxyl groups is 1. The van der Waals surface area contributed by atoms with E-state index in [-0.39, 0.29) is 22.3 Å². The Morgan fingerprint density at radius 1 is 0.978 bits per heavy atom. The molecular formula is C34H25BrFN3O4S2. The molecule has 6 rings (SSSR count). The van der Waals surface area contributed by atoms with Crippen LogP contribution in [-0.2, 0) is 21.9 Å². The average molecular weight is 703 g/mol. The van der Waals surface area contributed by atoms with E-state index in [4.69, 9.17) is 4.74 Å². The van der Waals surface area contributed by atoms with Crippen LogP contribution in [0.5, 0.6) is 5.75 Å². The number of aromatic nitrogens is 2. The molecule has 1 aliphatic rings. The number of carbonyl (C=O) groups is 2. The molecule has 0 aliphatic carbocycles. The van der Waals surface area contributed by atoms with E-state index in [1.807, 2.05) is 31.2 Å². The lowest BCUT2D eigenvalue weighted by Crippen LogP contribution is -2.29. The number of amides is 1. The van der Waals surface area contributed by atoms with Crippen molar-refractivity contribution in [2.24, 2.45) is 0 Å². The van der Waals surface area contributed by atoms with Crippen LogP contribution in [0.15, 0.2) is 111 Å². The minimum Gasteiger partial charge on any atom is -0.507 e. The summed E-state index contributed by atoms with van der Waals surface area (Å²) in [6, 6.07) is 27.2. The van der Waals surface area contributed by atoms with Crippen LogP contribution in [0.3, 0.4) is 0 Å². The highest BCUT2D eigenvalue weighted by atomic mass is 79.9. The van der Waals surface area contributed by atoms with Gasteiger partial charge >= 0.3 is 5.91 Å². The molecule has 4 aromatic carbocycles. The zero-order valence-corrected chi connectivity index (χ0v) is 27.0. The maximum atomic E-state index is 13.5. The van der Waals surface area contributed by atoms with Gasteiger partial charge in [0.15, 0.2) is 4.34 Å². The molecule has 1 fully saturated rings. The SMILES string of the molecule is Cc1cccc(COc2ccc(C(O)=C3C(=O)C(=O)N(c4nnc(SCc5ccc(F)cc5)s4)C3c3ccc(Br)cc3)cc2)c1. The molecule has 1 aliphatic heterocycles. The molecule has 5 aromatic rings. The fraction of sp³-hybridized carbons (Fsp3) is 0.118. The molecule has 1 N–H and O–H groups in total.